The van der Waals surface area contributed by atoms with Gasteiger partial charge in [0.2, 0.25) is 0 Å². The van der Waals surface area contributed by atoms with E-state index in [9.17, 15) is 9.59 Å². The SMILES string of the molecule is CCOc1c(C=O)c(C=O)cc2ccccc12. The Bertz CT molecular complexity index is 573. The second kappa shape index (κ2) is 4.78. The standard InChI is InChI=1S/C14H12O3/c1-2-17-14-12-6-4-3-5-10(12)7-11(8-15)13(14)9-16/h3-9H,2H2,1H3. The van der Waals surface area contributed by atoms with Crippen LogP contribution in [0.3, 0.4) is 0 Å². The van der Waals surface area contributed by atoms with E-state index in [1.165, 1.54) is 0 Å². The fourth-order valence-electron chi connectivity index (χ4n) is 1.87. The number of carbonyl (C=O) groups is 2. The summed E-state index contributed by atoms with van der Waals surface area (Å²) in [5, 5.41) is 1.74. The molecule has 2 aromatic carbocycles. The van der Waals surface area contributed by atoms with Crippen molar-refractivity contribution >= 4 is 23.3 Å². The lowest BCUT2D eigenvalue weighted by Gasteiger charge is -2.11. The molecule has 17 heavy (non-hydrogen) atoms. The van der Waals surface area contributed by atoms with Crippen LogP contribution in [0.15, 0.2) is 30.3 Å². The average molecular weight is 228 g/mol. The summed E-state index contributed by atoms with van der Waals surface area (Å²) in [7, 11) is 0. The molecule has 3 heteroatoms. The van der Waals surface area contributed by atoms with Crippen LogP contribution in [0.5, 0.6) is 5.75 Å². The molecule has 0 saturated heterocycles. The molecular formula is C14H12O3. The molecule has 0 aromatic heterocycles. The van der Waals surface area contributed by atoms with Crippen molar-refractivity contribution in [3.8, 4) is 5.75 Å². The van der Waals surface area contributed by atoms with Crippen LogP contribution in [0.25, 0.3) is 10.8 Å². The van der Waals surface area contributed by atoms with Gasteiger partial charge >= 0.3 is 0 Å². The van der Waals surface area contributed by atoms with Crippen molar-refractivity contribution in [1.82, 2.24) is 0 Å². The maximum atomic E-state index is 11.1. The van der Waals surface area contributed by atoms with E-state index in [0.29, 0.717) is 36.1 Å². The molecule has 0 N–H and O–H groups in total. The maximum Gasteiger partial charge on any atom is 0.154 e. The van der Waals surface area contributed by atoms with Crippen LogP contribution in [-0.4, -0.2) is 19.2 Å². The molecule has 0 aliphatic carbocycles. The van der Waals surface area contributed by atoms with Crippen molar-refractivity contribution in [2.75, 3.05) is 6.61 Å². The Morgan fingerprint density at radius 1 is 1.18 bits per heavy atom. The number of hydrogen-bond donors (Lipinski definition) is 0. The minimum absolute atomic E-state index is 0.320. The summed E-state index contributed by atoms with van der Waals surface area (Å²) in [5.41, 5.74) is 0.683. The number of ether oxygens (including phenoxy) is 1. The molecule has 0 aliphatic rings. The molecule has 3 nitrogen and oxygen atoms in total. The monoisotopic (exact) mass is 228 g/mol. The van der Waals surface area contributed by atoms with Crippen LogP contribution in [0, 0.1) is 0 Å². The van der Waals surface area contributed by atoms with Crippen molar-refractivity contribution < 1.29 is 14.3 Å². The molecular weight excluding hydrogens is 216 g/mol. The highest BCUT2D eigenvalue weighted by Gasteiger charge is 2.13. The third kappa shape index (κ3) is 1.91. The molecule has 86 valence electrons. The van der Waals surface area contributed by atoms with E-state index in [4.69, 9.17) is 4.74 Å². The summed E-state index contributed by atoms with van der Waals surface area (Å²) in [6.45, 7) is 2.30. The maximum absolute atomic E-state index is 11.1. The van der Waals surface area contributed by atoms with Crippen LogP contribution in [0.2, 0.25) is 0 Å². The fraction of sp³-hybridized carbons (Fsp3) is 0.143. The molecule has 0 fully saturated rings. The number of rotatable bonds is 4. The largest absolute Gasteiger partial charge is 0.492 e. The Morgan fingerprint density at radius 2 is 1.94 bits per heavy atom. The van der Waals surface area contributed by atoms with Crippen LogP contribution in [-0.2, 0) is 0 Å². The summed E-state index contributed by atoms with van der Waals surface area (Å²) in [6.07, 6.45) is 1.35. The number of benzene rings is 2. The van der Waals surface area contributed by atoms with Gasteiger partial charge in [0, 0.05) is 10.9 Å². The van der Waals surface area contributed by atoms with Gasteiger partial charge < -0.3 is 4.74 Å². The van der Waals surface area contributed by atoms with Gasteiger partial charge in [0.15, 0.2) is 12.6 Å². The van der Waals surface area contributed by atoms with Gasteiger partial charge in [-0.3, -0.25) is 9.59 Å². The van der Waals surface area contributed by atoms with E-state index in [1.807, 2.05) is 31.2 Å². The molecule has 2 rings (SSSR count). The van der Waals surface area contributed by atoms with Gasteiger partial charge in [0.05, 0.1) is 12.2 Å². The molecule has 0 saturated carbocycles. The van der Waals surface area contributed by atoms with Crippen LogP contribution < -0.4 is 4.74 Å². The molecule has 0 unspecified atom stereocenters. The Hall–Kier alpha value is -2.16. The third-order valence-electron chi connectivity index (χ3n) is 2.61. The zero-order chi connectivity index (χ0) is 12.3. The van der Waals surface area contributed by atoms with Crippen molar-refractivity contribution in [2.24, 2.45) is 0 Å². The van der Waals surface area contributed by atoms with E-state index in [0.717, 1.165) is 10.8 Å². The second-order valence-electron chi connectivity index (χ2n) is 3.60. The topological polar surface area (TPSA) is 43.4 Å². The summed E-state index contributed by atoms with van der Waals surface area (Å²) in [6, 6.07) is 9.23. The van der Waals surface area contributed by atoms with Crippen molar-refractivity contribution in [3.63, 3.8) is 0 Å². The van der Waals surface area contributed by atoms with Crippen LogP contribution >= 0.6 is 0 Å². The number of carbonyl (C=O) groups excluding carboxylic acids is 2. The second-order valence-corrected chi connectivity index (χ2v) is 3.60. The lowest BCUT2D eigenvalue weighted by Crippen LogP contribution is -2.01. The Balaban J connectivity index is 2.85. The van der Waals surface area contributed by atoms with Crippen molar-refractivity contribution in [1.29, 1.82) is 0 Å². The van der Waals surface area contributed by atoms with Gasteiger partial charge in [0.25, 0.3) is 0 Å². The van der Waals surface area contributed by atoms with Crippen molar-refractivity contribution in [2.45, 2.75) is 6.92 Å². The smallest absolute Gasteiger partial charge is 0.154 e. The zero-order valence-corrected chi connectivity index (χ0v) is 9.47. The molecule has 0 amide bonds. The zero-order valence-electron chi connectivity index (χ0n) is 9.47. The summed E-state index contributed by atoms with van der Waals surface area (Å²) in [4.78, 5) is 22.1. The summed E-state index contributed by atoms with van der Waals surface area (Å²) < 4.78 is 5.49. The molecule has 0 radical (unpaired) electrons. The Labute approximate surface area is 99.0 Å². The molecule has 0 spiro atoms. The van der Waals surface area contributed by atoms with E-state index < -0.39 is 0 Å². The normalized spacial score (nSPS) is 10.2. The average Bonchev–Trinajstić information content (AvgIpc) is 2.38. The number of aldehydes is 2. The molecule has 0 bridgehead atoms. The van der Waals surface area contributed by atoms with Crippen LogP contribution in [0.4, 0.5) is 0 Å². The Kier molecular flexibility index (Phi) is 3.19. The lowest BCUT2D eigenvalue weighted by atomic mass is 10.0. The van der Waals surface area contributed by atoms with Gasteiger partial charge in [0.1, 0.15) is 5.75 Å². The van der Waals surface area contributed by atoms with Gasteiger partial charge in [-0.1, -0.05) is 24.3 Å². The highest BCUT2D eigenvalue weighted by atomic mass is 16.5. The lowest BCUT2D eigenvalue weighted by molar-refractivity contribution is 0.109. The first-order valence-corrected chi connectivity index (χ1v) is 5.40. The first-order valence-electron chi connectivity index (χ1n) is 5.40. The quantitative estimate of drug-likeness (QED) is 0.756. The minimum Gasteiger partial charge on any atom is -0.492 e. The predicted octanol–water partition coefficient (Wildman–Crippen LogP) is 2.86. The summed E-state index contributed by atoms with van der Waals surface area (Å²) >= 11 is 0. The minimum atomic E-state index is 0.320. The Morgan fingerprint density at radius 3 is 2.59 bits per heavy atom. The molecule has 0 heterocycles. The van der Waals surface area contributed by atoms with Gasteiger partial charge in [-0.05, 0) is 18.4 Å². The first kappa shape index (κ1) is 11.3. The highest BCUT2D eigenvalue weighted by molar-refractivity contribution is 6.03. The van der Waals surface area contributed by atoms with E-state index >= 15 is 0 Å². The summed E-state index contributed by atoms with van der Waals surface area (Å²) in [5.74, 6) is 0.489. The van der Waals surface area contributed by atoms with Gasteiger partial charge in [-0.15, -0.1) is 0 Å². The highest BCUT2D eigenvalue weighted by Crippen LogP contribution is 2.31. The van der Waals surface area contributed by atoms with E-state index in [2.05, 4.69) is 0 Å². The van der Waals surface area contributed by atoms with E-state index in [-0.39, 0.29) is 0 Å². The van der Waals surface area contributed by atoms with Crippen LogP contribution in [0.1, 0.15) is 27.6 Å². The third-order valence-corrected chi connectivity index (χ3v) is 2.61. The molecule has 0 aliphatic heterocycles. The van der Waals surface area contributed by atoms with Gasteiger partial charge in [-0.25, -0.2) is 0 Å². The number of fused-ring (bicyclic) bond motifs is 1. The van der Waals surface area contributed by atoms with Crippen molar-refractivity contribution in [3.05, 3.63) is 41.5 Å². The number of hydrogen-bond acceptors (Lipinski definition) is 3. The predicted molar refractivity (Wildman–Crippen MR) is 65.9 cm³/mol. The molecule has 0 atom stereocenters. The van der Waals surface area contributed by atoms with E-state index in [1.54, 1.807) is 6.07 Å². The first-order chi connectivity index (χ1) is 8.31. The fourth-order valence-corrected chi connectivity index (χ4v) is 1.87. The molecule has 2 aromatic rings. The van der Waals surface area contributed by atoms with Gasteiger partial charge in [-0.2, -0.15) is 0 Å².